The third-order valence-electron chi connectivity index (χ3n) is 1.60. The molecule has 0 aromatic carbocycles. The molecule has 1 aliphatic rings. The van der Waals surface area contributed by atoms with Crippen molar-refractivity contribution in [3.8, 4) is 0 Å². The van der Waals surface area contributed by atoms with Crippen LogP contribution in [-0.2, 0) is 4.79 Å². The summed E-state index contributed by atoms with van der Waals surface area (Å²) in [5.74, 6) is -0.238. The van der Waals surface area contributed by atoms with Gasteiger partial charge in [-0.05, 0) is 6.42 Å². The lowest BCUT2D eigenvalue weighted by Crippen LogP contribution is -2.34. The fourth-order valence-corrected chi connectivity index (χ4v) is 1.04. The van der Waals surface area contributed by atoms with Crippen LogP contribution in [0.1, 0.15) is 19.8 Å². The van der Waals surface area contributed by atoms with Crippen molar-refractivity contribution in [2.75, 3.05) is 6.54 Å². The number of nitrogens with zero attached hydrogens (tertiary/aromatic N) is 1. The van der Waals surface area contributed by atoms with E-state index in [2.05, 4.69) is 5.32 Å². The average molecular weight is 144 g/mol. The van der Waals surface area contributed by atoms with E-state index in [0.29, 0.717) is 0 Å². The molecule has 0 aromatic rings. The molecule has 1 heterocycles. The summed E-state index contributed by atoms with van der Waals surface area (Å²) in [6, 6.07) is 0. The van der Waals surface area contributed by atoms with Crippen LogP contribution in [0.5, 0.6) is 0 Å². The van der Waals surface area contributed by atoms with Crippen LogP contribution in [0.3, 0.4) is 0 Å². The lowest BCUT2D eigenvalue weighted by Gasteiger charge is -2.15. The molecule has 2 N–H and O–H groups in total. The Kier molecular flexibility index (Phi) is 2.24. The number of carbonyl (C=O) groups is 1. The van der Waals surface area contributed by atoms with E-state index in [1.165, 1.54) is 0 Å². The predicted molar refractivity (Wildman–Crippen MR) is 35.3 cm³/mol. The fraction of sp³-hybridized carbons (Fsp3) is 0.833. The fourth-order valence-electron chi connectivity index (χ4n) is 1.04. The van der Waals surface area contributed by atoms with Gasteiger partial charge in [-0.15, -0.1) is 0 Å². The second-order valence-electron chi connectivity index (χ2n) is 2.42. The van der Waals surface area contributed by atoms with Crippen molar-refractivity contribution in [3.63, 3.8) is 0 Å². The van der Waals surface area contributed by atoms with Gasteiger partial charge in [0.25, 0.3) is 5.91 Å². The highest BCUT2D eigenvalue weighted by molar-refractivity contribution is 5.79. The molecule has 0 bridgehead atoms. The maximum absolute atomic E-state index is 10.7. The lowest BCUT2D eigenvalue weighted by molar-refractivity contribution is -0.165. The Morgan fingerprint density at radius 3 is 3.00 bits per heavy atom. The molecule has 1 saturated heterocycles. The topological polar surface area (TPSA) is 52.6 Å². The Bertz CT molecular complexity index is 138. The summed E-state index contributed by atoms with van der Waals surface area (Å²) < 4.78 is 0. The van der Waals surface area contributed by atoms with E-state index < -0.39 is 0 Å². The van der Waals surface area contributed by atoms with Gasteiger partial charge in [-0.2, -0.15) is 0 Å². The highest BCUT2D eigenvalue weighted by Crippen LogP contribution is 2.06. The zero-order chi connectivity index (χ0) is 7.56. The summed E-state index contributed by atoms with van der Waals surface area (Å²) in [7, 11) is 0. The molecular formula is C6H12N2O2. The summed E-state index contributed by atoms with van der Waals surface area (Å²) in [6.45, 7) is 2.28. The summed E-state index contributed by atoms with van der Waals surface area (Å²) in [4.78, 5) is 10.7. The third-order valence-corrected chi connectivity index (χ3v) is 1.60. The lowest BCUT2D eigenvalue weighted by atomic mass is 10.3. The molecule has 1 fully saturated rings. The second-order valence-corrected chi connectivity index (χ2v) is 2.42. The molecule has 0 aromatic heterocycles. The zero-order valence-electron chi connectivity index (χ0n) is 6.00. The Labute approximate surface area is 59.8 Å². The number of hydrogen-bond donors (Lipinski definition) is 2. The van der Waals surface area contributed by atoms with Gasteiger partial charge in [-0.1, -0.05) is 13.3 Å². The molecule has 4 nitrogen and oxygen atoms in total. The number of carbonyl (C=O) groups excluding carboxylic acids is 1. The Morgan fingerprint density at radius 2 is 2.60 bits per heavy atom. The van der Waals surface area contributed by atoms with E-state index >= 15 is 0 Å². The van der Waals surface area contributed by atoms with E-state index in [1.54, 1.807) is 0 Å². The highest BCUT2D eigenvalue weighted by Gasteiger charge is 2.27. The molecule has 1 atom stereocenters. The van der Waals surface area contributed by atoms with Gasteiger partial charge in [0.2, 0.25) is 0 Å². The maximum Gasteiger partial charge on any atom is 0.261 e. The van der Waals surface area contributed by atoms with Crippen LogP contribution >= 0.6 is 0 Å². The number of hydroxylamine groups is 2. The van der Waals surface area contributed by atoms with Crippen LogP contribution in [0.4, 0.5) is 0 Å². The van der Waals surface area contributed by atoms with E-state index in [1.807, 2.05) is 6.92 Å². The van der Waals surface area contributed by atoms with Gasteiger partial charge in [0.05, 0.1) is 6.54 Å². The van der Waals surface area contributed by atoms with Gasteiger partial charge in [-0.3, -0.25) is 15.3 Å². The first-order valence-corrected chi connectivity index (χ1v) is 3.50. The van der Waals surface area contributed by atoms with E-state index in [-0.39, 0.29) is 18.6 Å². The summed E-state index contributed by atoms with van der Waals surface area (Å²) in [5, 5.41) is 12.7. The van der Waals surface area contributed by atoms with E-state index in [9.17, 15) is 4.79 Å². The first-order valence-electron chi connectivity index (χ1n) is 3.50. The van der Waals surface area contributed by atoms with Crippen LogP contribution < -0.4 is 5.32 Å². The Hall–Kier alpha value is -0.610. The molecule has 1 rings (SSSR count). The summed E-state index contributed by atoms with van der Waals surface area (Å²) in [6.07, 6.45) is 1.61. The SMILES string of the molecule is CCCC1NCC(=O)N1O. The minimum Gasteiger partial charge on any atom is -0.286 e. The van der Waals surface area contributed by atoms with E-state index in [0.717, 1.165) is 17.9 Å². The van der Waals surface area contributed by atoms with Crippen molar-refractivity contribution in [3.05, 3.63) is 0 Å². The second kappa shape index (κ2) is 2.98. The quantitative estimate of drug-likeness (QED) is 0.533. The van der Waals surface area contributed by atoms with E-state index in [4.69, 9.17) is 5.21 Å². The Morgan fingerprint density at radius 1 is 1.90 bits per heavy atom. The molecular weight excluding hydrogens is 132 g/mol. The third kappa shape index (κ3) is 1.27. The predicted octanol–water partition coefficient (Wildman–Crippen LogP) is -0.0664. The van der Waals surface area contributed by atoms with Crippen LogP contribution in [0.15, 0.2) is 0 Å². The van der Waals surface area contributed by atoms with Gasteiger partial charge in [0.15, 0.2) is 0 Å². The Balaban J connectivity index is 2.41. The average Bonchev–Trinajstić information content (AvgIpc) is 2.20. The molecule has 1 aliphatic heterocycles. The van der Waals surface area contributed by atoms with Crippen molar-refractivity contribution in [1.82, 2.24) is 10.4 Å². The number of hydrogen-bond acceptors (Lipinski definition) is 3. The van der Waals surface area contributed by atoms with Crippen molar-refractivity contribution in [2.45, 2.75) is 25.9 Å². The maximum atomic E-state index is 10.7. The first kappa shape index (κ1) is 7.50. The first-order chi connectivity index (χ1) is 4.75. The zero-order valence-corrected chi connectivity index (χ0v) is 6.00. The van der Waals surface area contributed by atoms with Crippen molar-refractivity contribution >= 4 is 5.91 Å². The summed E-state index contributed by atoms with van der Waals surface area (Å²) >= 11 is 0. The standard InChI is InChI=1S/C6H12N2O2/c1-2-3-5-7-4-6(9)8(5)10/h5,7,10H,2-4H2,1H3. The van der Waals surface area contributed by atoms with Crippen molar-refractivity contribution in [1.29, 1.82) is 0 Å². The normalized spacial score (nSPS) is 26.0. The number of amides is 1. The molecule has 1 amide bonds. The van der Waals surface area contributed by atoms with Crippen LogP contribution in [0.25, 0.3) is 0 Å². The van der Waals surface area contributed by atoms with Crippen molar-refractivity contribution < 1.29 is 10.0 Å². The molecule has 0 radical (unpaired) electrons. The number of nitrogens with one attached hydrogen (secondary N) is 1. The van der Waals surface area contributed by atoms with Crippen LogP contribution in [0.2, 0.25) is 0 Å². The summed E-state index contributed by atoms with van der Waals surface area (Å²) in [5.41, 5.74) is 0. The van der Waals surface area contributed by atoms with Gasteiger partial charge in [0.1, 0.15) is 6.17 Å². The molecule has 58 valence electrons. The smallest absolute Gasteiger partial charge is 0.261 e. The molecule has 10 heavy (non-hydrogen) atoms. The highest BCUT2D eigenvalue weighted by atomic mass is 16.5. The minimum absolute atomic E-state index is 0.155. The van der Waals surface area contributed by atoms with Crippen LogP contribution in [0, 0.1) is 0 Å². The molecule has 0 saturated carbocycles. The molecule has 0 aliphatic carbocycles. The van der Waals surface area contributed by atoms with Gasteiger partial charge >= 0.3 is 0 Å². The van der Waals surface area contributed by atoms with Gasteiger partial charge in [0, 0.05) is 0 Å². The largest absolute Gasteiger partial charge is 0.286 e. The minimum atomic E-state index is -0.238. The number of rotatable bonds is 2. The van der Waals surface area contributed by atoms with Crippen molar-refractivity contribution in [2.24, 2.45) is 0 Å². The van der Waals surface area contributed by atoms with Gasteiger partial charge in [-0.25, -0.2) is 5.06 Å². The molecule has 1 unspecified atom stereocenters. The van der Waals surface area contributed by atoms with Gasteiger partial charge < -0.3 is 0 Å². The molecule has 4 heteroatoms. The molecule has 0 spiro atoms. The van der Waals surface area contributed by atoms with Crippen LogP contribution in [-0.4, -0.2) is 28.9 Å². The monoisotopic (exact) mass is 144 g/mol.